The van der Waals surface area contributed by atoms with Gasteiger partial charge in [0.25, 0.3) is 0 Å². The molecule has 25 heavy (non-hydrogen) atoms. The number of nitrogens with one attached hydrogen (secondary N) is 2. The summed E-state index contributed by atoms with van der Waals surface area (Å²) in [5.74, 6) is 0.0737. The number of amidine groups is 1. The van der Waals surface area contributed by atoms with Crippen LogP contribution in [0.4, 0.5) is 0 Å². The van der Waals surface area contributed by atoms with Gasteiger partial charge in [0.15, 0.2) is 5.17 Å². The number of thioether (sulfide) groups is 1. The molecule has 2 N–H and O–H groups in total. The van der Waals surface area contributed by atoms with Gasteiger partial charge in [0, 0.05) is 43.6 Å². The van der Waals surface area contributed by atoms with Gasteiger partial charge in [-0.05, 0) is 6.07 Å². The molecule has 0 saturated heterocycles. The third-order valence-corrected chi connectivity index (χ3v) is 5.19. The summed E-state index contributed by atoms with van der Waals surface area (Å²) in [6.45, 7) is 5.10. The van der Waals surface area contributed by atoms with E-state index in [1.54, 1.807) is 11.8 Å². The number of carbonyl (C=O) groups excluding carboxylic acids is 1. The van der Waals surface area contributed by atoms with Crippen LogP contribution in [0.1, 0.15) is 17.8 Å². The highest BCUT2D eigenvalue weighted by Gasteiger charge is 2.26. The maximum Gasteiger partial charge on any atom is 0.220 e. The van der Waals surface area contributed by atoms with E-state index in [0.29, 0.717) is 19.4 Å². The molecule has 7 nitrogen and oxygen atoms in total. The Morgan fingerprint density at radius 2 is 2.24 bits per heavy atom. The summed E-state index contributed by atoms with van der Waals surface area (Å²) in [7, 11) is 0. The standard InChI is InChI=1S/C15H20N6OS.2ClH/c22-14(18-9-13-10-23-15-17-4-5-20(13)15)2-1-11-7-12-8-16-3-6-21(12)19-11;;/h7,10,16H,1-6,8-9H2,(H,18,22);2*1H. The average molecular weight is 405 g/mol. The van der Waals surface area contributed by atoms with Crippen LogP contribution < -0.4 is 10.6 Å². The zero-order valence-corrected chi connectivity index (χ0v) is 16.2. The predicted octanol–water partition coefficient (Wildman–Crippen LogP) is 1.14. The summed E-state index contributed by atoms with van der Waals surface area (Å²) in [6.07, 6.45) is 1.17. The Labute approximate surface area is 163 Å². The normalized spacial score (nSPS) is 17.7. The van der Waals surface area contributed by atoms with Gasteiger partial charge in [-0.15, -0.1) is 24.8 Å². The second kappa shape index (κ2) is 8.93. The molecule has 0 radical (unpaired) electrons. The molecule has 0 fully saturated rings. The third kappa shape index (κ3) is 4.49. The Morgan fingerprint density at radius 1 is 1.36 bits per heavy atom. The molecule has 0 aromatic carbocycles. The number of amides is 1. The van der Waals surface area contributed by atoms with Gasteiger partial charge >= 0.3 is 0 Å². The molecule has 0 saturated carbocycles. The van der Waals surface area contributed by atoms with Crippen LogP contribution in [0.5, 0.6) is 0 Å². The molecule has 4 heterocycles. The van der Waals surface area contributed by atoms with Gasteiger partial charge in [0.2, 0.25) is 5.91 Å². The predicted molar refractivity (Wildman–Crippen MR) is 104 cm³/mol. The smallest absolute Gasteiger partial charge is 0.220 e. The zero-order chi connectivity index (χ0) is 15.6. The highest BCUT2D eigenvalue weighted by molar-refractivity contribution is 8.16. The number of halogens is 2. The summed E-state index contributed by atoms with van der Waals surface area (Å²) in [4.78, 5) is 18.7. The molecule has 0 atom stereocenters. The van der Waals surface area contributed by atoms with Crippen LogP contribution in [0, 0.1) is 0 Å². The second-order valence-corrected chi connectivity index (χ2v) is 6.68. The van der Waals surface area contributed by atoms with Crippen molar-refractivity contribution in [2.75, 3.05) is 26.2 Å². The van der Waals surface area contributed by atoms with Crippen molar-refractivity contribution in [3.8, 4) is 0 Å². The molecular formula is C15H22Cl2N6OS. The summed E-state index contributed by atoms with van der Waals surface area (Å²) in [5.41, 5.74) is 3.35. The van der Waals surface area contributed by atoms with E-state index in [0.717, 1.165) is 49.3 Å². The van der Waals surface area contributed by atoms with E-state index >= 15 is 0 Å². The third-order valence-electron chi connectivity index (χ3n) is 4.24. The molecule has 3 aliphatic heterocycles. The first-order valence-corrected chi connectivity index (χ1v) is 8.88. The van der Waals surface area contributed by atoms with Crippen molar-refractivity contribution >= 4 is 47.7 Å². The molecule has 0 unspecified atom stereocenters. The van der Waals surface area contributed by atoms with Crippen molar-refractivity contribution in [3.05, 3.63) is 28.6 Å². The van der Waals surface area contributed by atoms with E-state index in [-0.39, 0.29) is 30.7 Å². The number of hydrogen-bond donors (Lipinski definition) is 2. The van der Waals surface area contributed by atoms with Gasteiger partial charge in [-0.2, -0.15) is 5.10 Å². The van der Waals surface area contributed by atoms with Crippen LogP contribution in [0.15, 0.2) is 22.2 Å². The van der Waals surface area contributed by atoms with E-state index in [1.165, 1.54) is 5.69 Å². The maximum absolute atomic E-state index is 12.1. The van der Waals surface area contributed by atoms with Gasteiger partial charge in [0.05, 0.1) is 31.0 Å². The first kappa shape index (κ1) is 20.1. The molecule has 0 bridgehead atoms. The van der Waals surface area contributed by atoms with Crippen molar-refractivity contribution in [1.82, 2.24) is 25.3 Å². The fraction of sp³-hybridized carbons (Fsp3) is 0.533. The molecule has 138 valence electrons. The van der Waals surface area contributed by atoms with E-state index < -0.39 is 0 Å². The molecule has 1 amide bonds. The minimum Gasteiger partial charge on any atom is -0.350 e. The van der Waals surface area contributed by atoms with Crippen molar-refractivity contribution in [3.63, 3.8) is 0 Å². The lowest BCUT2D eigenvalue weighted by Crippen LogP contribution is -2.32. The van der Waals surface area contributed by atoms with Crippen LogP contribution in [0.25, 0.3) is 0 Å². The lowest BCUT2D eigenvalue weighted by Gasteiger charge is -2.16. The second-order valence-electron chi connectivity index (χ2n) is 5.85. The summed E-state index contributed by atoms with van der Waals surface area (Å²) >= 11 is 1.64. The van der Waals surface area contributed by atoms with Crippen molar-refractivity contribution in [2.24, 2.45) is 4.99 Å². The van der Waals surface area contributed by atoms with Crippen LogP contribution in [-0.2, 0) is 24.3 Å². The minimum atomic E-state index is 0. The van der Waals surface area contributed by atoms with E-state index in [4.69, 9.17) is 0 Å². The van der Waals surface area contributed by atoms with E-state index in [2.05, 4.69) is 37.1 Å². The topological polar surface area (TPSA) is 74.5 Å². The number of carbonyl (C=O) groups is 1. The lowest BCUT2D eigenvalue weighted by atomic mass is 10.2. The number of fused-ring (bicyclic) bond motifs is 2. The van der Waals surface area contributed by atoms with Crippen molar-refractivity contribution in [1.29, 1.82) is 0 Å². The number of rotatable bonds is 5. The minimum absolute atomic E-state index is 0. The first-order valence-electron chi connectivity index (χ1n) is 8.00. The van der Waals surface area contributed by atoms with Crippen LogP contribution in [0.3, 0.4) is 0 Å². The van der Waals surface area contributed by atoms with E-state index in [9.17, 15) is 4.79 Å². The first-order chi connectivity index (χ1) is 11.3. The molecule has 10 heteroatoms. The Morgan fingerprint density at radius 3 is 3.08 bits per heavy atom. The maximum atomic E-state index is 12.1. The average Bonchev–Trinajstić information content (AvgIpc) is 3.25. The fourth-order valence-corrected chi connectivity index (χ4v) is 3.96. The SMILES string of the molecule is Cl.Cl.O=C(CCc1cc2n(n1)CCNC2)NCC1=CSC2=NCCN12. The molecule has 0 spiro atoms. The summed E-state index contributed by atoms with van der Waals surface area (Å²) < 4.78 is 2.04. The number of aliphatic imine (C=N–C) groups is 1. The molecule has 1 aromatic heterocycles. The van der Waals surface area contributed by atoms with Gasteiger partial charge in [0.1, 0.15) is 0 Å². The summed E-state index contributed by atoms with van der Waals surface area (Å²) in [6, 6.07) is 2.10. The quantitative estimate of drug-likeness (QED) is 0.769. The Bertz CT molecular complexity index is 666. The zero-order valence-electron chi connectivity index (χ0n) is 13.7. The van der Waals surface area contributed by atoms with Crippen molar-refractivity contribution in [2.45, 2.75) is 25.9 Å². The van der Waals surface area contributed by atoms with Crippen LogP contribution in [0.2, 0.25) is 0 Å². The Balaban J connectivity index is 0.00000113. The monoisotopic (exact) mass is 404 g/mol. The van der Waals surface area contributed by atoms with Crippen LogP contribution in [-0.4, -0.2) is 51.9 Å². The van der Waals surface area contributed by atoms with Gasteiger partial charge < -0.3 is 15.5 Å². The molecule has 1 aromatic rings. The molecular weight excluding hydrogens is 383 g/mol. The Kier molecular flexibility index (Phi) is 7.18. The summed E-state index contributed by atoms with van der Waals surface area (Å²) in [5, 5.41) is 14.0. The van der Waals surface area contributed by atoms with Gasteiger partial charge in [-0.25, -0.2) is 0 Å². The lowest BCUT2D eigenvalue weighted by molar-refractivity contribution is -0.120. The number of hydrogen-bond acceptors (Lipinski definition) is 6. The molecule has 4 rings (SSSR count). The Hall–Kier alpha value is -1.22. The van der Waals surface area contributed by atoms with Gasteiger partial charge in [-0.1, -0.05) is 11.8 Å². The number of aromatic nitrogens is 2. The van der Waals surface area contributed by atoms with Crippen LogP contribution >= 0.6 is 36.6 Å². The molecule has 3 aliphatic rings. The largest absolute Gasteiger partial charge is 0.350 e. The number of nitrogens with zero attached hydrogens (tertiary/aromatic N) is 4. The number of aryl methyl sites for hydroxylation is 1. The van der Waals surface area contributed by atoms with Crippen molar-refractivity contribution < 1.29 is 4.79 Å². The highest BCUT2D eigenvalue weighted by Crippen LogP contribution is 2.28. The highest BCUT2D eigenvalue weighted by atomic mass is 35.5. The molecule has 0 aliphatic carbocycles. The fourth-order valence-electron chi connectivity index (χ4n) is 3.01. The van der Waals surface area contributed by atoms with Gasteiger partial charge in [-0.3, -0.25) is 14.5 Å². The van der Waals surface area contributed by atoms with E-state index in [1.807, 2.05) is 4.68 Å².